The number of amides is 1. The number of nitrogens with one attached hydrogen (secondary N) is 1. The molecule has 3 fully saturated rings. The fourth-order valence-electron chi connectivity index (χ4n) is 3.51. The van der Waals surface area contributed by atoms with Crippen LogP contribution in [0.4, 0.5) is 0 Å². The lowest BCUT2D eigenvalue weighted by Crippen LogP contribution is -2.48. The van der Waals surface area contributed by atoms with Gasteiger partial charge in [-0.25, -0.2) is 0 Å². The van der Waals surface area contributed by atoms with Crippen LogP contribution >= 0.6 is 11.8 Å². The fourth-order valence-corrected chi connectivity index (χ4v) is 4.46. The number of nitrogens with zero attached hydrogens (tertiary/aromatic N) is 2. The first-order chi connectivity index (χ1) is 10.3. The van der Waals surface area contributed by atoms with Gasteiger partial charge in [0.15, 0.2) is 0 Å². The third-order valence-electron chi connectivity index (χ3n) is 4.69. The van der Waals surface area contributed by atoms with E-state index in [1.165, 1.54) is 5.75 Å². The SMILES string of the molecule is O=C(CC1CSCCN1)N1CCCC1CN1CCOCC1. The molecule has 2 atom stereocenters. The molecule has 21 heavy (non-hydrogen) atoms. The summed E-state index contributed by atoms with van der Waals surface area (Å²) in [4.78, 5) is 17.2. The van der Waals surface area contributed by atoms with Crippen molar-refractivity contribution >= 4 is 17.7 Å². The minimum atomic E-state index is 0.353. The van der Waals surface area contributed by atoms with E-state index in [0.717, 1.165) is 64.5 Å². The number of carbonyl (C=O) groups is 1. The van der Waals surface area contributed by atoms with Gasteiger partial charge >= 0.3 is 0 Å². The molecule has 3 rings (SSSR count). The second kappa shape index (κ2) is 7.81. The summed E-state index contributed by atoms with van der Waals surface area (Å²) in [5.74, 6) is 2.60. The van der Waals surface area contributed by atoms with Crippen LogP contribution in [0.1, 0.15) is 19.3 Å². The molecule has 0 spiro atoms. The van der Waals surface area contributed by atoms with Crippen LogP contribution in [-0.4, -0.2) is 85.2 Å². The molecule has 120 valence electrons. The van der Waals surface area contributed by atoms with Gasteiger partial charge in [-0.3, -0.25) is 9.69 Å². The smallest absolute Gasteiger partial charge is 0.224 e. The Morgan fingerprint density at radius 3 is 2.90 bits per heavy atom. The van der Waals surface area contributed by atoms with Crippen LogP contribution in [0.5, 0.6) is 0 Å². The molecule has 3 aliphatic rings. The highest BCUT2D eigenvalue weighted by atomic mass is 32.2. The first-order valence-corrected chi connectivity index (χ1v) is 9.39. The molecule has 2 unspecified atom stereocenters. The van der Waals surface area contributed by atoms with E-state index in [1.807, 2.05) is 11.8 Å². The first kappa shape index (κ1) is 15.6. The van der Waals surface area contributed by atoms with Crippen LogP contribution in [0.3, 0.4) is 0 Å². The summed E-state index contributed by atoms with van der Waals surface area (Å²) in [6.45, 7) is 6.72. The molecule has 3 heterocycles. The van der Waals surface area contributed by atoms with Gasteiger partial charge in [-0.05, 0) is 12.8 Å². The Labute approximate surface area is 131 Å². The maximum atomic E-state index is 12.6. The van der Waals surface area contributed by atoms with E-state index >= 15 is 0 Å². The van der Waals surface area contributed by atoms with Crippen molar-refractivity contribution in [2.75, 3.05) is 57.4 Å². The quantitative estimate of drug-likeness (QED) is 0.814. The topological polar surface area (TPSA) is 44.8 Å². The van der Waals surface area contributed by atoms with Crippen molar-refractivity contribution < 1.29 is 9.53 Å². The van der Waals surface area contributed by atoms with E-state index in [0.29, 0.717) is 24.4 Å². The van der Waals surface area contributed by atoms with Gasteiger partial charge in [-0.2, -0.15) is 11.8 Å². The summed E-state index contributed by atoms with van der Waals surface area (Å²) in [6.07, 6.45) is 3.00. The Morgan fingerprint density at radius 1 is 1.29 bits per heavy atom. The van der Waals surface area contributed by atoms with Gasteiger partial charge in [0.1, 0.15) is 0 Å². The van der Waals surface area contributed by atoms with Gasteiger partial charge in [-0.15, -0.1) is 0 Å². The zero-order chi connectivity index (χ0) is 14.5. The fraction of sp³-hybridized carbons (Fsp3) is 0.933. The number of carbonyl (C=O) groups excluding carboxylic acids is 1. The molecule has 1 N–H and O–H groups in total. The second-order valence-corrected chi connectivity index (χ2v) is 7.38. The van der Waals surface area contributed by atoms with E-state index in [1.54, 1.807) is 0 Å². The summed E-state index contributed by atoms with van der Waals surface area (Å²) >= 11 is 1.96. The molecule has 5 nitrogen and oxygen atoms in total. The van der Waals surface area contributed by atoms with Gasteiger partial charge in [0.25, 0.3) is 0 Å². The predicted molar refractivity (Wildman–Crippen MR) is 85.7 cm³/mol. The third kappa shape index (κ3) is 4.34. The molecule has 0 saturated carbocycles. The maximum Gasteiger partial charge on any atom is 0.224 e. The van der Waals surface area contributed by atoms with Crippen LogP contribution in [0, 0.1) is 0 Å². The third-order valence-corrected chi connectivity index (χ3v) is 5.82. The van der Waals surface area contributed by atoms with Crippen LogP contribution in [0.25, 0.3) is 0 Å². The van der Waals surface area contributed by atoms with Crippen LogP contribution in [0.15, 0.2) is 0 Å². The lowest BCUT2D eigenvalue weighted by Gasteiger charge is -2.34. The molecule has 0 aromatic rings. The summed E-state index contributed by atoms with van der Waals surface area (Å²) in [5, 5.41) is 3.47. The van der Waals surface area contributed by atoms with Crippen molar-refractivity contribution in [2.45, 2.75) is 31.3 Å². The van der Waals surface area contributed by atoms with E-state index in [2.05, 4.69) is 15.1 Å². The van der Waals surface area contributed by atoms with E-state index in [4.69, 9.17) is 4.74 Å². The number of hydrogen-bond donors (Lipinski definition) is 1. The monoisotopic (exact) mass is 313 g/mol. The molecule has 0 radical (unpaired) electrons. The number of thioether (sulfide) groups is 1. The highest BCUT2D eigenvalue weighted by molar-refractivity contribution is 7.99. The summed E-state index contributed by atoms with van der Waals surface area (Å²) in [6, 6.07) is 0.799. The van der Waals surface area contributed by atoms with Crippen molar-refractivity contribution in [2.24, 2.45) is 0 Å². The molecule has 3 aliphatic heterocycles. The van der Waals surface area contributed by atoms with Crippen molar-refractivity contribution in [3.05, 3.63) is 0 Å². The summed E-state index contributed by atoms with van der Waals surface area (Å²) < 4.78 is 5.41. The van der Waals surface area contributed by atoms with E-state index < -0.39 is 0 Å². The Hall–Kier alpha value is -0.300. The van der Waals surface area contributed by atoms with Gasteiger partial charge < -0.3 is 15.0 Å². The highest BCUT2D eigenvalue weighted by Gasteiger charge is 2.31. The zero-order valence-electron chi connectivity index (χ0n) is 12.8. The molecule has 6 heteroatoms. The molecule has 0 aliphatic carbocycles. The number of likely N-dealkylation sites (tertiary alicyclic amines) is 1. The average Bonchev–Trinajstić information content (AvgIpc) is 2.97. The van der Waals surface area contributed by atoms with Gasteiger partial charge in [0.2, 0.25) is 5.91 Å². The van der Waals surface area contributed by atoms with Gasteiger partial charge in [0, 0.05) is 62.7 Å². The van der Waals surface area contributed by atoms with Gasteiger partial charge in [0.05, 0.1) is 13.2 Å². The number of morpholine rings is 1. The van der Waals surface area contributed by atoms with E-state index in [-0.39, 0.29) is 0 Å². The van der Waals surface area contributed by atoms with E-state index in [9.17, 15) is 4.79 Å². The molecule has 1 amide bonds. The zero-order valence-corrected chi connectivity index (χ0v) is 13.6. The Kier molecular flexibility index (Phi) is 5.80. The molecular formula is C15H27N3O2S. The van der Waals surface area contributed by atoms with Crippen molar-refractivity contribution in [1.82, 2.24) is 15.1 Å². The Bertz CT molecular complexity index is 344. The van der Waals surface area contributed by atoms with Crippen molar-refractivity contribution in [1.29, 1.82) is 0 Å². The number of rotatable bonds is 4. The van der Waals surface area contributed by atoms with Gasteiger partial charge in [-0.1, -0.05) is 0 Å². The highest BCUT2D eigenvalue weighted by Crippen LogP contribution is 2.21. The van der Waals surface area contributed by atoms with Crippen LogP contribution in [0.2, 0.25) is 0 Å². The molecular weight excluding hydrogens is 286 g/mol. The average molecular weight is 313 g/mol. The Morgan fingerprint density at radius 2 is 2.14 bits per heavy atom. The van der Waals surface area contributed by atoms with Crippen LogP contribution in [-0.2, 0) is 9.53 Å². The Balaban J connectivity index is 1.49. The lowest BCUT2D eigenvalue weighted by atomic mass is 10.1. The molecule has 0 aromatic carbocycles. The lowest BCUT2D eigenvalue weighted by molar-refractivity contribution is -0.132. The molecule has 0 aromatic heterocycles. The second-order valence-electron chi connectivity index (χ2n) is 6.23. The number of ether oxygens (including phenoxy) is 1. The largest absolute Gasteiger partial charge is 0.379 e. The van der Waals surface area contributed by atoms with Crippen molar-refractivity contribution in [3.63, 3.8) is 0 Å². The normalized spacial score (nSPS) is 31.5. The standard InChI is InChI=1S/C15H27N3O2S/c19-15(10-13-12-21-9-3-16-13)18-4-1-2-14(18)11-17-5-7-20-8-6-17/h13-14,16H,1-12H2. The molecule has 0 bridgehead atoms. The summed E-state index contributed by atoms with van der Waals surface area (Å²) in [7, 11) is 0. The minimum Gasteiger partial charge on any atom is -0.379 e. The predicted octanol–water partition coefficient (Wildman–Crippen LogP) is 0.405. The minimum absolute atomic E-state index is 0.353. The summed E-state index contributed by atoms with van der Waals surface area (Å²) in [5.41, 5.74) is 0. The van der Waals surface area contributed by atoms with Crippen molar-refractivity contribution in [3.8, 4) is 0 Å². The van der Waals surface area contributed by atoms with Crippen LogP contribution < -0.4 is 5.32 Å². The molecule has 3 saturated heterocycles. The first-order valence-electron chi connectivity index (χ1n) is 8.23. The number of hydrogen-bond acceptors (Lipinski definition) is 5. The maximum absolute atomic E-state index is 12.6.